The van der Waals surface area contributed by atoms with Crippen LogP contribution in [0.5, 0.6) is 0 Å². The van der Waals surface area contributed by atoms with Crippen molar-refractivity contribution in [1.29, 1.82) is 0 Å². The van der Waals surface area contributed by atoms with Gasteiger partial charge in [0, 0.05) is 20.6 Å². The van der Waals surface area contributed by atoms with E-state index in [1.54, 1.807) is 24.3 Å². The van der Waals surface area contributed by atoms with Gasteiger partial charge in [0.2, 0.25) is 0 Å². The van der Waals surface area contributed by atoms with Crippen LogP contribution in [0.2, 0.25) is 30.1 Å². The number of thiophene rings is 1. The van der Waals surface area contributed by atoms with Gasteiger partial charge in [-0.1, -0.05) is 75.7 Å². The molecule has 0 aliphatic carbocycles. The number of β-lactam (4-membered cyclic amide) rings is 1. The van der Waals surface area contributed by atoms with Crippen LogP contribution < -0.4 is 4.90 Å². The number of imide groups is 1. The van der Waals surface area contributed by atoms with E-state index in [4.69, 9.17) is 69.6 Å². The van der Waals surface area contributed by atoms with Crippen LogP contribution in [0.15, 0.2) is 35.7 Å². The smallest absolute Gasteiger partial charge is 0.264 e. The second kappa shape index (κ2) is 8.31. The monoisotopic (exact) mass is 578 g/mol. The van der Waals surface area contributed by atoms with E-state index in [-0.39, 0.29) is 31.2 Å². The first-order valence-electron chi connectivity index (χ1n) is 9.19. The first-order valence-corrected chi connectivity index (χ1v) is 12.3. The first kappa shape index (κ1) is 23.2. The Morgan fingerprint density at radius 3 is 1.73 bits per heavy atom. The number of benzene rings is 2. The van der Waals surface area contributed by atoms with Gasteiger partial charge in [0.05, 0.1) is 31.2 Å². The summed E-state index contributed by atoms with van der Waals surface area (Å²) in [7, 11) is 0. The summed E-state index contributed by atoms with van der Waals surface area (Å²) in [6, 6.07) is 6.50. The van der Waals surface area contributed by atoms with Crippen LogP contribution in [-0.2, 0) is 4.79 Å². The van der Waals surface area contributed by atoms with E-state index in [1.807, 2.05) is 5.38 Å². The number of halogens is 6. The zero-order valence-corrected chi connectivity index (χ0v) is 21.3. The molecule has 0 spiro atoms. The van der Waals surface area contributed by atoms with Gasteiger partial charge >= 0.3 is 0 Å². The highest BCUT2D eigenvalue weighted by molar-refractivity contribution is 7.10. The van der Waals surface area contributed by atoms with Gasteiger partial charge in [0.1, 0.15) is 12.1 Å². The fraction of sp³-hybridized carbons (Fsp3) is 0.0952. The number of rotatable bonds is 3. The van der Waals surface area contributed by atoms with Crippen molar-refractivity contribution in [2.75, 3.05) is 4.90 Å². The number of nitrogens with zero attached hydrogens (tertiary/aromatic N) is 2. The number of fused-ring (bicyclic) bond motifs is 1. The first-order chi connectivity index (χ1) is 15.6. The van der Waals surface area contributed by atoms with Crippen molar-refractivity contribution in [2.45, 2.75) is 12.1 Å². The van der Waals surface area contributed by atoms with E-state index in [0.717, 1.165) is 9.78 Å². The van der Waals surface area contributed by atoms with Crippen molar-refractivity contribution < 1.29 is 14.4 Å². The lowest BCUT2D eigenvalue weighted by molar-refractivity contribution is -0.130. The lowest BCUT2D eigenvalue weighted by Crippen LogP contribution is -2.67. The van der Waals surface area contributed by atoms with Crippen LogP contribution in [0, 0.1) is 0 Å². The van der Waals surface area contributed by atoms with Gasteiger partial charge in [-0.25, -0.2) is 0 Å². The molecule has 0 radical (unpaired) electrons. The normalized spacial score (nSPS) is 19.9. The molecule has 1 saturated heterocycles. The number of carbonyl (C=O) groups is 3. The van der Waals surface area contributed by atoms with Crippen molar-refractivity contribution in [3.05, 3.63) is 81.9 Å². The summed E-state index contributed by atoms with van der Waals surface area (Å²) in [5, 5.41) is 1.82. The molecule has 3 aromatic rings. The van der Waals surface area contributed by atoms with Gasteiger partial charge in [-0.15, -0.1) is 11.3 Å². The Morgan fingerprint density at radius 2 is 1.24 bits per heavy atom. The number of anilines is 1. The predicted molar refractivity (Wildman–Crippen MR) is 132 cm³/mol. The Kier molecular flexibility index (Phi) is 5.85. The average molecular weight is 581 g/mol. The second-order valence-corrected chi connectivity index (χ2v) is 10.6. The SMILES string of the molecule is O=C1c2c(Cl)c(Cl)c(Cl)c(Cl)c2C(=O)N1[C@H]1C(=O)N(c2cc(Cl)cc(Cl)c2)[C@@H]1c1cccs1. The largest absolute Gasteiger partial charge is 0.299 e. The molecular formula is C21H8Cl6N2O3S. The number of carbonyl (C=O) groups excluding carboxylic acids is 3. The fourth-order valence-corrected chi connectivity index (χ4v) is 6.43. The van der Waals surface area contributed by atoms with Crippen molar-refractivity contribution in [3.63, 3.8) is 0 Å². The summed E-state index contributed by atoms with van der Waals surface area (Å²) in [5.41, 5.74) is 0.0806. The summed E-state index contributed by atoms with van der Waals surface area (Å²) in [5.74, 6) is -2.04. The van der Waals surface area contributed by atoms with Gasteiger partial charge in [0.15, 0.2) is 0 Å². The van der Waals surface area contributed by atoms with Crippen molar-refractivity contribution >= 4 is 104 Å². The number of hydrogen-bond donors (Lipinski definition) is 0. The highest BCUT2D eigenvalue weighted by Crippen LogP contribution is 2.50. The van der Waals surface area contributed by atoms with Crippen LogP contribution in [0.1, 0.15) is 31.6 Å². The van der Waals surface area contributed by atoms with E-state index in [2.05, 4.69) is 0 Å². The Balaban J connectivity index is 1.63. The third-order valence-electron chi connectivity index (χ3n) is 5.44. The molecule has 3 amide bonds. The molecule has 0 saturated carbocycles. The quantitative estimate of drug-likeness (QED) is 0.140. The summed E-state index contributed by atoms with van der Waals surface area (Å²) in [6.07, 6.45) is 0. The maximum Gasteiger partial charge on any atom is 0.264 e. The molecule has 5 nitrogen and oxygen atoms in total. The highest BCUT2D eigenvalue weighted by atomic mass is 35.5. The van der Waals surface area contributed by atoms with E-state index >= 15 is 0 Å². The molecule has 33 heavy (non-hydrogen) atoms. The van der Waals surface area contributed by atoms with Crippen LogP contribution in [0.25, 0.3) is 0 Å². The number of hydrogen-bond acceptors (Lipinski definition) is 4. The molecule has 1 aromatic heterocycles. The third-order valence-corrected chi connectivity index (χ3v) is 8.62. The van der Waals surface area contributed by atoms with Crippen LogP contribution in [-0.4, -0.2) is 28.7 Å². The molecular weight excluding hydrogens is 573 g/mol. The summed E-state index contributed by atoms with van der Waals surface area (Å²) >= 11 is 38.3. The summed E-state index contributed by atoms with van der Waals surface area (Å²) < 4.78 is 0. The zero-order valence-electron chi connectivity index (χ0n) is 15.9. The minimum Gasteiger partial charge on any atom is -0.299 e. The zero-order chi connectivity index (χ0) is 23.8. The predicted octanol–water partition coefficient (Wildman–Crippen LogP) is 7.42. The lowest BCUT2D eigenvalue weighted by atomic mass is 9.90. The van der Waals surface area contributed by atoms with Gasteiger partial charge in [-0.2, -0.15) is 0 Å². The number of amides is 3. The molecule has 2 aliphatic rings. The van der Waals surface area contributed by atoms with Gasteiger partial charge in [-0.3, -0.25) is 24.2 Å². The summed E-state index contributed by atoms with van der Waals surface area (Å²) in [6.45, 7) is 0. The Labute approximate surface area is 221 Å². The standard InChI is InChI=1S/C21H8Cl6N2O3S/c22-7-4-8(23)6-9(5-7)28-17(10-2-1-3-33-10)18(21(28)32)29-19(30)11-12(20(29)31)14(25)16(27)15(26)13(11)24/h1-6,17-18H/t17-,18-/m1/s1. The topological polar surface area (TPSA) is 57.7 Å². The van der Waals surface area contributed by atoms with Crippen LogP contribution in [0.3, 0.4) is 0 Å². The average Bonchev–Trinajstić information content (AvgIpc) is 3.36. The molecule has 0 unspecified atom stereocenters. The molecule has 0 N–H and O–H groups in total. The van der Waals surface area contributed by atoms with E-state index < -0.39 is 29.8 Å². The second-order valence-electron chi connectivity index (χ2n) is 7.23. The Bertz CT molecular complexity index is 1310. The van der Waals surface area contributed by atoms with Crippen LogP contribution >= 0.6 is 80.9 Å². The molecule has 0 bridgehead atoms. The molecule has 2 atom stereocenters. The van der Waals surface area contributed by atoms with Gasteiger partial charge < -0.3 is 0 Å². The van der Waals surface area contributed by atoms with Crippen LogP contribution in [0.4, 0.5) is 5.69 Å². The fourth-order valence-electron chi connectivity index (χ4n) is 4.05. The molecule has 5 rings (SSSR count). The van der Waals surface area contributed by atoms with E-state index in [1.165, 1.54) is 22.3 Å². The molecule has 168 valence electrons. The molecule has 3 heterocycles. The maximum absolute atomic E-state index is 13.4. The minimum absolute atomic E-state index is 0.143. The van der Waals surface area contributed by atoms with Gasteiger partial charge in [-0.05, 0) is 29.6 Å². The van der Waals surface area contributed by atoms with Gasteiger partial charge in [0.25, 0.3) is 17.7 Å². The van der Waals surface area contributed by atoms with E-state index in [0.29, 0.717) is 15.7 Å². The Morgan fingerprint density at radius 1 is 0.697 bits per heavy atom. The molecule has 12 heteroatoms. The minimum atomic E-state index is -1.14. The third kappa shape index (κ3) is 3.39. The molecule has 1 fully saturated rings. The van der Waals surface area contributed by atoms with Crippen molar-refractivity contribution in [1.82, 2.24) is 4.90 Å². The molecule has 2 aromatic carbocycles. The van der Waals surface area contributed by atoms with Crippen molar-refractivity contribution in [2.24, 2.45) is 0 Å². The van der Waals surface area contributed by atoms with E-state index in [9.17, 15) is 14.4 Å². The maximum atomic E-state index is 13.4. The highest BCUT2D eigenvalue weighted by Gasteiger charge is 2.58. The summed E-state index contributed by atoms with van der Waals surface area (Å²) in [4.78, 5) is 43.1. The molecule has 2 aliphatic heterocycles. The lowest BCUT2D eigenvalue weighted by Gasteiger charge is -2.49. The Hall–Kier alpha value is -1.51. The van der Waals surface area contributed by atoms with Crippen molar-refractivity contribution in [3.8, 4) is 0 Å².